The summed E-state index contributed by atoms with van der Waals surface area (Å²) in [4.78, 5) is 119. The minimum atomic E-state index is -4.59. The zero-order chi connectivity index (χ0) is 105. The molecule has 3 aliphatic heterocycles. The van der Waals surface area contributed by atoms with Crippen molar-refractivity contribution in [2.24, 2.45) is 0 Å². The fourth-order valence-corrected chi connectivity index (χ4v) is 17.4. The maximum absolute atomic E-state index is 15.9. The molecule has 3 saturated heterocycles. The molecule has 0 bridgehead atoms. The Kier molecular flexibility index (Phi) is 38.4. The van der Waals surface area contributed by atoms with Gasteiger partial charge in [0, 0.05) is 30.7 Å². The molecule has 3 fully saturated rings. The zero-order valence-corrected chi connectivity index (χ0v) is 80.7. The topological polar surface area (TPSA) is 587 Å². The van der Waals surface area contributed by atoms with Crippen molar-refractivity contribution in [2.45, 2.75) is 185 Å². The first-order valence-corrected chi connectivity index (χ1v) is 47.9. The number of carbonyl (C=O) groups excluding carboxylic acids is 5. The quantitative estimate of drug-likeness (QED) is 0.00451. The van der Waals surface area contributed by atoms with Gasteiger partial charge in [-0.1, -0.05) is 146 Å². The number of alkyl halides is 6. The largest absolute Gasteiger partial charge is 0.513 e. The van der Waals surface area contributed by atoms with Crippen molar-refractivity contribution in [3.63, 3.8) is 0 Å². The van der Waals surface area contributed by atoms with E-state index in [9.17, 15) is 89.9 Å². The average Bonchev–Trinajstić information content (AvgIpc) is 1.63. The van der Waals surface area contributed by atoms with Gasteiger partial charge >= 0.3 is 88.3 Å². The van der Waals surface area contributed by atoms with Crippen LogP contribution in [0.15, 0.2) is 257 Å². The number of aromatic nitrogens is 6. The number of carbonyl (C=O) groups is 5. The van der Waals surface area contributed by atoms with Crippen molar-refractivity contribution in [1.82, 2.24) is 43.9 Å². The minimum Gasteiger partial charge on any atom is -0.460 e. The lowest BCUT2D eigenvalue weighted by Gasteiger charge is -2.27. The summed E-state index contributed by atoms with van der Waals surface area (Å²) in [6, 6.07) is 55.3. The van der Waals surface area contributed by atoms with Crippen LogP contribution in [0.3, 0.4) is 0 Å². The number of rotatable bonds is 36. The number of ether oxygens (including phenoxy) is 10. The van der Waals surface area contributed by atoms with E-state index in [2.05, 4.69) is 35.0 Å². The molecule has 13 rings (SSSR count). The molecule has 15 atom stereocenters. The number of aliphatic hydroxyl groups excluding tert-OH is 2. The van der Waals surface area contributed by atoms with Gasteiger partial charge in [-0.25, -0.2) is 37.7 Å². The second-order valence-electron chi connectivity index (χ2n) is 33.3. The van der Waals surface area contributed by atoms with Gasteiger partial charge in [-0.3, -0.25) is 47.2 Å². The van der Waals surface area contributed by atoms with Gasteiger partial charge in [0.05, 0.1) is 24.7 Å². The van der Waals surface area contributed by atoms with Crippen LogP contribution in [0.4, 0.5) is 59.1 Å². The van der Waals surface area contributed by atoms with Crippen molar-refractivity contribution < 1.29 is 154 Å². The lowest BCUT2D eigenvalue weighted by molar-refractivity contribution is -0.384. The number of nitrogens with two attached hydrogens (primary N) is 3. The Morgan fingerprint density at radius 1 is 0.438 bits per heavy atom. The molecule has 0 spiro atoms. The number of nitrogens with one attached hydrogen (secondary N) is 3. The Morgan fingerprint density at radius 3 is 1.03 bits per heavy atom. The third-order valence-electron chi connectivity index (χ3n) is 19.6. The third-order valence-corrected chi connectivity index (χ3v) is 24.5. The molecule has 53 heteroatoms. The number of anilines is 3. The fraction of sp³-hybridized carbons (Fsp3) is 0.352. The van der Waals surface area contributed by atoms with E-state index in [0.717, 1.165) is 47.9 Å². The van der Waals surface area contributed by atoms with E-state index in [0.29, 0.717) is 19.3 Å². The molecule has 144 heavy (non-hydrogen) atoms. The van der Waals surface area contributed by atoms with Gasteiger partial charge < -0.3 is 92.9 Å². The van der Waals surface area contributed by atoms with Crippen molar-refractivity contribution in [1.29, 1.82) is 0 Å². The second-order valence-corrected chi connectivity index (χ2v) is 38.3. The molecular formula is C91H102F6N13O31P3. The van der Waals surface area contributed by atoms with Gasteiger partial charge in [0.25, 0.3) is 5.69 Å². The minimum absolute atomic E-state index is 0.0461. The number of esters is 3. The molecule has 44 nitrogen and oxygen atoms in total. The average molecular weight is 2080 g/mol. The summed E-state index contributed by atoms with van der Waals surface area (Å²) in [5.74, 6) is -14.2. The first-order chi connectivity index (χ1) is 67.8. The van der Waals surface area contributed by atoms with Crippen molar-refractivity contribution >= 4 is 76.6 Å². The molecule has 3 aliphatic rings. The SMILES string of the molecule is CC(C)(C)OC(=O)OC1C(CO)OC(n2ccc(N)nc2=O)C1(F)F.C[C@H](N[P@@](=O)(Oc1ccccc1)Oc1ccc([N+](=O)[O-])cc1)C(=O)OCc1ccccc1.C[C@H](N[P@](=O)(OCC1OC(n2ccc(N)nc2=O)C(F)(F)C1O)Oc1ccccc1)C(=O)OCc1ccccc1.C[C@H](N[P@](=O)(OCC1OC(n2ccc(N)nc2=O)C(F)(F)C1OC(=O)OC(C)(C)C)Oc1ccccc1)C(=O)OCc1ccccc1. The van der Waals surface area contributed by atoms with Crippen LogP contribution in [0.1, 0.15) is 97.7 Å². The number of nitro groups is 1. The third kappa shape index (κ3) is 32.3. The van der Waals surface area contributed by atoms with Crippen LogP contribution in [0, 0.1) is 10.1 Å². The Morgan fingerprint density at radius 2 is 0.715 bits per heavy atom. The molecule has 0 aliphatic carbocycles. The second kappa shape index (κ2) is 49.3. The highest BCUT2D eigenvalue weighted by atomic mass is 31.2. The smallest absolute Gasteiger partial charge is 0.460 e. The summed E-state index contributed by atoms with van der Waals surface area (Å²) in [6.07, 6.45) is -18.8. The number of benzene rings is 7. The number of nitrogens with zero attached hydrogens (tertiary/aromatic N) is 7. The molecule has 0 saturated carbocycles. The molecule has 6 heterocycles. The van der Waals surface area contributed by atoms with E-state index in [1.165, 1.54) is 111 Å². The monoisotopic (exact) mass is 2080 g/mol. The van der Waals surface area contributed by atoms with Crippen LogP contribution < -0.4 is 67.6 Å². The summed E-state index contributed by atoms with van der Waals surface area (Å²) < 4.78 is 218. The van der Waals surface area contributed by atoms with Crippen LogP contribution in [0.25, 0.3) is 0 Å². The summed E-state index contributed by atoms with van der Waals surface area (Å²) in [5, 5.41) is 37.9. The molecule has 0 radical (unpaired) electrons. The summed E-state index contributed by atoms with van der Waals surface area (Å²) in [7, 11) is -13.2. The van der Waals surface area contributed by atoms with E-state index >= 15 is 8.78 Å². The molecule has 9 unspecified atom stereocenters. The lowest BCUT2D eigenvalue weighted by atomic mass is 10.1. The molecule has 3 aromatic heterocycles. The predicted molar refractivity (Wildman–Crippen MR) is 497 cm³/mol. The first-order valence-electron chi connectivity index (χ1n) is 43.3. The number of nitro benzene ring substituents is 1. The van der Waals surface area contributed by atoms with Crippen molar-refractivity contribution in [3.8, 4) is 23.0 Å². The number of para-hydroxylation sites is 3. The summed E-state index contributed by atoms with van der Waals surface area (Å²) >= 11 is 0. The van der Waals surface area contributed by atoms with E-state index in [-0.39, 0.29) is 66.0 Å². The lowest BCUT2D eigenvalue weighted by Crippen LogP contribution is -2.45. The fourth-order valence-electron chi connectivity index (χ4n) is 12.8. The number of nitrogen functional groups attached to an aromatic ring is 3. The molecule has 10 aromatic rings. The van der Waals surface area contributed by atoms with Crippen molar-refractivity contribution in [3.05, 3.63) is 301 Å². The van der Waals surface area contributed by atoms with Crippen LogP contribution in [-0.4, -0.2) is 178 Å². The normalized spacial score (nSPS) is 20.4. The van der Waals surface area contributed by atoms with Crippen LogP contribution in [0.2, 0.25) is 0 Å². The molecular weight excluding hydrogens is 1980 g/mol. The molecule has 11 N–H and O–H groups in total. The van der Waals surface area contributed by atoms with Gasteiger partial charge in [-0.15, -0.1) is 0 Å². The number of non-ortho nitro benzene ring substituents is 1. The van der Waals surface area contributed by atoms with Gasteiger partial charge in [0.1, 0.15) is 108 Å². The van der Waals surface area contributed by atoms with Crippen LogP contribution in [0.5, 0.6) is 23.0 Å². The summed E-state index contributed by atoms with van der Waals surface area (Å²) in [5.41, 5.74) is 12.9. The molecule has 7 aromatic carbocycles. The van der Waals surface area contributed by atoms with Gasteiger partial charge in [0.2, 0.25) is 30.9 Å². The highest BCUT2D eigenvalue weighted by molar-refractivity contribution is 7.53. The number of aliphatic hydroxyl groups is 2. The molecule has 0 amide bonds. The standard InChI is InChI=1S/C30H35F2N4O10P.C25H27F2N4O8P.C22H21N2O7P.C14H19F2N3O6/c1-19(25(37)41-17-20-11-7-5-8-12-20)35-47(40,46-21-13-9-6-10-14-21)42-18-22-24(44-28(39)45-29(2,3)4)30(31,32)26(43-22)36-16-15-23(33)34-27(36)38;1-16(22(33)36-14-17-8-4-2-5-9-17)30-40(35,39-18-10-6-3-7-11-18)37-15-19-21(32)25(26,27)23(38-19)31-13-12-20(28)29-24(31)34;1-17(22(25)29-16-18-8-4-2-5-9-18)23-32(28,30-20-10-6-3-7-11-20)31-21-14-12-19(13-15-21)24(26)27;1-13(2,3)25-12(22)24-9-7(6-20)23-10(14(9,15)16)19-5-4-8(17)18-11(19)21/h5-16,19,22,24,26H,17-18H2,1-4H3,(H,35,40)(H2,33,34,38);2-13,16,19,21,23,32H,14-15H2,1H3,(H,30,35)(H2,28,29,34);2-15,17H,16H2,1H3,(H,23,28);4-5,7,9-10,20H,6H2,1-3H3,(H2,17,18,21)/t19-,22?,24?,26?,47-;16-,19?,21?,23?,40-;17-,32+;/m000./s1. The Balaban J connectivity index is 0.000000202. The molecule has 774 valence electrons. The van der Waals surface area contributed by atoms with E-state index in [4.69, 9.17) is 87.0 Å². The van der Waals surface area contributed by atoms with E-state index < -0.39 is 198 Å². The number of hydrogen-bond donors (Lipinski definition) is 8. The number of halogens is 6. The predicted octanol–water partition coefficient (Wildman–Crippen LogP) is 12.8. The van der Waals surface area contributed by atoms with Gasteiger partial charge in [-0.2, -0.15) is 56.6 Å². The van der Waals surface area contributed by atoms with E-state index in [1.807, 2.05) is 30.3 Å². The van der Waals surface area contributed by atoms with Crippen molar-refractivity contribution in [2.75, 3.05) is 37.0 Å². The summed E-state index contributed by atoms with van der Waals surface area (Å²) in [6.45, 7) is 10.5. The maximum Gasteiger partial charge on any atom is 0.513 e. The highest BCUT2D eigenvalue weighted by Crippen LogP contribution is 2.52. The van der Waals surface area contributed by atoms with Crippen LogP contribution >= 0.6 is 23.2 Å². The Hall–Kier alpha value is -14.0. The highest BCUT2D eigenvalue weighted by Gasteiger charge is 2.65. The first kappa shape index (κ1) is 112. The number of hydrogen-bond acceptors (Lipinski definition) is 37. The maximum atomic E-state index is 15.9. The van der Waals surface area contributed by atoms with Gasteiger partial charge in [0.15, 0.2) is 6.10 Å². The van der Waals surface area contributed by atoms with Crippen LogP contribution in [-0.2, 0) is 104 Å². The van der Waals surface area contributed by atoms with Gasteiger partial charge in [-0.05, 0) is 146 Å². The Bertz CT molecular complexity index is 6330. The van der Waals surface area contributed by atoms with E-state index in [1.54, 1.807) is 127 Å². The zero-order valence-electron chi connectivity index (χ0n) is 78.0. The Labute approximate surface area is 816 Å².